The molecule has 0 aliphatic carbocycles. The van der Waals surface area contributed by atoms with Gasteiger partial charge >= 0.3 is 69.2 Å². The van der Waals surface area contributed by atoms with E-state index in [9.17, 15) is 0 Å². The van der Waals surface area contributed by atoms with Crippen LogP contribution in [0, 0.1) is 0 Å². The van der Waals surface area contributed by atoms with Gasteiger partial charge in [0, 0.05) is 0 Å². The molecule has 0 aliphatic heterocycles. The van der Waals surface area contributed by atoms with Gasteiger partial charge in [0.05, 0.1) is 0 Å². The van der Waals surface area contributed by atoms with Crippen molar-refractivity contribution in [1.29, 1.82) is 0 Å². The van der Waals surface area contributed by atoms with Gasteiger partial charge in [-0.05, 0) is 0 Å². The first kappa shape index (κ1) is 9.27. The molecule has 0 aromatic rings. The molecule has 0 aromatic carbocycles. The molecule has 0 fully saturated rings. The van der Waals surface area contributed by atoms with Crippen LogP contribution in [0.3, 0.4) is 0 Å². The van der Waals surface area contributed by atoms with Crippen LogP contribution in [0.2, 0.25) is 22.5 Å². The van der Waals surface area contributed by atoms with Gasteiger partial charge < -0.3 is 0 Å². The van der Waals surface area contributed by atoms with Gasteiger partial charge in [-0.25, -0.2) is 0 Å². The van der Waals surface area contributed by atoms with E-state index in [0.717, 1.165) is 0 Å². The minimum atomic E-state index is -1.11. The SMILES string of the molecule is [CH3][Ge]([CH3])([CH3])[CH2]CCI. The fourth-order valence-corrected chi connectivity index (χ4v) is 5.08. The molecule has 2 heteroatoms. The first-order valence-electron chi connectivity index (χ1n) is 3.12. The van der Waals surface area contributed by atoms with Crippen molar-refractivity contribution in [3.8, 4) is 0 Å². The zero-order valence-electron chi connectivity index (χ0n) is 6.00. The third kappa shape index (κ3) is 7.27. The Hall–Kier alpha value is 1.27. The van der Waals surface area contributed by atoms with Crippen LogP contribution >= 0.6 is 22.6 Å². The van der Waals surface area contributed by atoms with E-state index in [2.05, 4.69) is 39.9 Å². The van der Waals surface area contributed by atoms with Gasteiger partial charge in [-0.15, -0.1) is 0 Å². The average Bonchev–Trinajstić information content (AvgIpc) is 1.59. The molecule has 0 N–H and O–H groups in total. The molecule has 0 unspecified atom stereocenters. The van der Waals surface area contributed by atoms with E-state index < -0.39 is 13.3 Å². The summed E-state index contributed by atoms with van der Waals surface area (Å²) in [5.41, 5.74) is 0. The number of hydrogen-bond donors (Lipinski definition) is 0. The normalized spacial score (nSPS) is 12.0. The molecule has 0 saturated carbocycles. The second kappa shape index (κ2) is 4.15. The molecule has 50 valence electrons. The van der Waals surface area contributed by atoms with Crippen molar-refractivity contribution < 1.29 is 0 Å². The van der Waals surface area contributed by atoms with Gasteiger partial charge in [-0.1, -0.05) is 0 Å². The molecule has 0 spiro atoms. The first-order valence-corrected chi connectivity index (χ1v) is 12.4. The molecule has 8 heavy (non-hydrogen) atoms. The summed E-state index contributed by atoms with van der Waals surface area (Å²) < 4.78 is 1.35. The van der Waals surface area contributed by atoms with Crippen molar-refractivity contribution >= 4 is 35.9 Å². The Kier molecular flexibility index (Phi) is 4.81. The van der Waals surface area contributed by atoms with E-state index in [4.69, 9.17) is 0 Å². The molecule has 0 bridgehead atoms. The van der Waals surface area contributed by atoms with Crippen molar-refractivity contribution in [3.63, 3.8) is 0 Å². The van der Waals surface area contributed by atoms with Gasteiger partial charge in [-0.3, -0.25) is 0 Å². The van der Waals surface area contributed by atoms with Crippen molar-refractivity contribution in [2.45, 2.75) is 28.9 Å². The molecule has 0 saturated heterocycles. The Morgan fingerprint density at radius 3 is 1.88 bits per heavy atom. The predicted molar refractivity (Wildman–Crippen MR) is 51.7 cm³/mol. The number of rotatable bonds is 3. The maximum absolute atomic E-state index is 2.48. The molecule has 0 atom stereocenters. The summed E-state index contributed by atoms with van der Waals surface area (Å²) in [6.45, 7) is 0. The maximum atomic E-state index is 2.48. The van der Waals surface area contributed by atoms with Crippen LogP contribution in [0.1, 0.15) is 6.42 Å². The molecule has 0 nitrogen and oxygen atoms in total. The van der Waals surface area contributed by atoms with Crippen LogP contribution in [-0.2, 0) is 0 Å². The van der Waals surface area contributed by atoms with Crippen molar-refractivity contribution in [2.24, 2.45) is 0 Å². The van der Waals surface area contributed by atoms with Crippen LogP contribution in [-0.4, -0.2) is 17.7 Å². The van der Waals surface area contributed by atoms with Crippen LogP contribution in [0.4, 0.5) is 0 Å². The molecule has 0 radical (unpaired) electrons. The molecular weight excluding hydrogens is 272 g/mol. The van der Waals surface area contributed by atoms with E-state index in [1.165, 1.54) is 10.8 Å². The van der Waals surface area contributed by atoms with E-state index in [1.807, 2.05) is 0 Å². The number of halogens is 1. The summed E-state index contributed by atoms with van der Waals surface area (Å²) in [4.78, 5) is 0. The second-order valence-corrected chi connectivity index (χ2v) is 16.2. The molecule has 0 aliphatic rings. The quantitative estimate of drug-likeness (QED) is 0.425. The van der Waals surface area contributed by atoms with Crippen LogP contribution < -0.4 is 0 Å². The Morgan fingerprint density at radius 2 is 1.75 bits per heavy atom. The third-order valence-electron chi connectivity index (χ3n) is 1.06. The van der Waals surface area contributed by atoms with Crippen molar-refractivity contribution in [3.05, 3.63) is 0 Å². The van der Waals surface area contributed by atoms with Crippen LogP contribution in [0.25, 0.3) is 0 Å². The van der Waals surface area contributed by atoms with E-state index in [-0.39, 0.29) is 0 Å². The number of hydrogen-bond acceptors (Lipinski definition) is 0. The predicted octanol–water partition coefficient (Wildman–Crippen LogP) is 3.15. The van der Waals surface area contributed by atoms with E-state index in [1.54, 1.807) is 5.25 Å². The van der Waals surface area contributed by atoms with Crippen molar-refractivity contribution in [2.75, 3.05) is 4.43 Å². The Morgan fingerprint density at radius 1 is 1.25 bits per heavy atom. The summed E-state index contributed by atoms with van der Waals surface area (Å²) in [6.07, 6.45) is 1.45. The Bertz CT molecular complexity index is 56.0. The summed E-state index contributed by atoms with van der Waals surface area (Å²) in [5, 5.41) is 1.54. The summed E-state index contributed by atoms with van der Waals surface area (Å²) >= 11 is 1.34. The van der Waals surface area contributed by atoms with Crippen LogP contribution in [0.5, 0.6) is 0 Å². The van der Waals surface area contributed by atoms with Gasteiger partial charge in [0.2, 0.25) is 0 Å². The molecular formula is C6H15GeI. The van der Waals surface area contributed by atoms with Gasteiger partial charge in [0.25, 0.3) is 0 Å². The van der Waals surface area contributed by atoms with Gasteiger partial charge in [0.1, 0.15) is 0 Å². The molecule has 0 rings (SSSR count). The topological polar surface area (TPSA) is 0 Å². The zero-order valence-corrected chi connectivity index (χ0v) is 10.3. The summed E-state index contributed by atoms with van der Waals surface area (Å²) in [6, 6.07) is 0. The van der Waals surface area contributed by atoms with Crippen molar-refractivity contribution in [1.82, 2.24) is 0 Å². The molecule has 0 aromatic heterocycles. The van der Waals surface area contributed by atoms with Gasteiger partial charge in [-0.2, -0.15) is 0 Å². The number of alkyl halides is 1. The Labute approximate surface area is 68.9 Å². The average molecular weight is 287 g/mol. The molecule has 0 amide bonds. The standard InChI is InChI=1S/C6H15GeI/c1-7(2,3)5-4-6-8/h4-6H2,1-3H3. The first-order chi connectivity index (χ1) is 3.56. The van der Waals surface area contributed by atoms with E-state index >= 15 is 0 Å². The Balaban J connectivity index is 3.11. The zero-order chi connectivity index (χ0) is 6.62. The monoisotopic (exact) mass is 288 g/mol. The van der Waals surface area contributed by atoms with Gasteiger partial charge in [0.15, 0.2) is 0 Å². The fraction of sp³-hybridized carbons (Fsp3) is 1.00. The van der Waals surface area contributed by atoms with E-state index in [0.29, 0.717) is 0 Å². The van der Waals surface area contributed by atoms with Crippen LogP contribution in [0.15, 0.2) is 0 Å². The summed E-state index contributed by atoms with van der Waals surface area (Å²) in [5.74, 6) is 7.44. The minimum absolute atomic E-state index is 1.11. The third-order valence-corrected chi connectivity index (χ3v) is 5.71. The molecule has 0 heterocycles. The fourth-order valence-electron chi connectivity index (χ4n) is 0.597. The summed E-state index contributed by atoms with van der Waals surface area (Å²) in [7, 11) is 0. The second-order valence-electron chi connectivity index (χ2n) is 3.35.